The Kier molecular flexibility index (Phi) is 4.16. The van der Waals surface area contributed by atoms with Crippen LogP contribution >= 0.6 is 22.2 Å². The molecule has 0 saturated carbocycles. The van der Waals surface area contributed by atoms with Gasteiger partial charge in [0.25, 0.3) is 7.63 Å². The summed E-state index contributed by atoms with van der Waals surface area (Å²) in [6.45, 7) is 7.36. The lowest BCUT2D eigenvalue weighted by molar-refractivity contribution is 0.597. The first kappa shape index (κ1) is 11.5. The largest absolute Gasteiger partial charge is 0.424 e. The van der Waals surface area contributed by atoms with Crippen molar-refractivity contribution in [2.75, 3.05) is 0 Å². The smallest absolute Gasteiger partial charge is 0.358 e. The Morgan fingerprint density at radius 2 is 1.64 bits per heavy atom. The topological polar surface area (TPSA) is 9.23 Å². The fourth-order valence-electron chi connectivity index (χ4n) is 0.705. The molecule has 5 heteroatoms. The highest BCUT2D eigenvalue weighted by molar-refractivity contribution is 7.27. The normalized spacial score (nSPS) is 16.5. The van der Waals surface area contributed by atoms with E-state index in [0.717, 1.165) is 0 Å². The maximum Gasteiger partial charge on any atom is 0.358 e. The highest BCUT2D eigenvalue weighted by Gasteiger charge is 2.33. The van der Waals surface area contributed by atoms with E-state index in [9.17, 15) is 0 Å². The predicted molar refractivity (Wildman–Crippen MR) is 55.3 cm³/mol. The van der Waals surface area contributed by atoms with E-state index in [-0.39, 0.29) is 0 Å². The Balaban J connectivity index is 4.21. The molecule has 11 heavy (non-hydrogen) atoms. The van der Waals surface area contributed by atoms with Gasteiger partial charge in [-0.15, -0.1) is 28.1 Å². The van der Waals surface area contributed by atoms with Crippen LogP contribution < -0.4 is 0 Å². The van der Waals surface area contributed by atoms with E-state index >= 15 is 0 Å². The molecule has 0 aliphatic heterocycles. The highest BCUT2D eigenvalue weighted by atomic mass is 35.6. The van der Waals surface area contributed by atoms with E-state index in [2.05, 4.69) is 11.5 Å². The number of hydrogen-bond acceptors (Lipinski definition) is 1. The molecule has 0 amide bonds. The zero-order valence-electron chi connectivity index (χ0n) is 7.16. The van der Waals surface area contributed by atoms with Crippen LogP contribution in [0.15, 0.2) is 0 Å². The maximum absolute atomic E-state index is 6.01. The second-order valence-electron chi connectivity index (χ2n) is 2.76. The average Bonchev–Trinajstić information content (AvgIpc) is 1.55. The van der Waals surface area contributed by atoms with Crippen molar-refractivity contribution >= 4 is 37.4 Å². The zero-order valence-corrected chi connectivity index (χ0v) is 10.7. The van der Waals surface area contributed by atoms with Crippen molar-refractivity contribution in [1.29, 1.82) is 0 Å². The lowest BCUT2D eigenvalue weighted by Gasteiger charge is -2.22. The first-order chi connectivity index (χ1) is 4.77. The van der Waals surface area contributed by atoms with Gasteiger partial charge in [0.1, 0.15) is 0 Å². The van der Waals surface area contributed by atoms with Gasteiger partial charge in [0.2, 0.25) is 0 Å². The van der Waals surface area contributed by atoms with Crippen molar-refractivity contribution in [3.05, 3.63) is 0 Å². The summed E-state index contributed by atoms with van der Waals surface area (Å²) in [5.74, 6) is 2.75. The van der Waals surface area contributed by atoms with Crippen molar-refractivity contribution < 1.29 is 4.12 Å². The molecule has 0 radical (unpaired) electrons. The molecule has 0 aliphatic rings. The van der Waals surface area contributed by atoms with E-state index in [4.69, 9.17) is 26.3 Å². The van der Waals surface area contributed by atoms with Crippen LogP contribution in [0.1, 0.15) is 6.92 Å². The molecular formula is C6H12Cl2OSi2. The SMILES string of the molecule is CC#C[Si](C)(Cl)O[Si](C)(C)Cl. The van der Waals surface area contributed by atoms with Gasteiger partial charge < -0.3 is 4.12 Å². The van der Waals surface area contributed by atoms with Crippen molar-refractivity contribution in [1.82, 2.24) is 0 Å². The van der Waals surface area contributed by atoms with Crippen molar-refractivity contribution in [2.45, 2.75) is 26.6 Å². The number of hydrogen-bond donors (Lipinski definition) is 0. The minimum atomic E-state index is -2.30. The zero-order chi connectivity index (χ0) is 9.12. The summed E-state index contributed by atoms with van der Waals surface area (Å²) in [7, 11) is -4.33. The van der Waals surface area contributed by atoms with Gasteiger partial charge in [0, 0.05) is 0 Å². The van der Waals surface area contributed by atoms with Crippen LogP contribution in [0.2, 0.25) is 19.6 Å². The quantitative estimate of drug-likeness (QED) is 0.400. The molecule has 0 fully saturated rings. The molecule has 0 aromatic heterocycles. The maximum atomic E-state index is 6.01. The summed E-state index contributed by atoms with van der Waals surface area (Å²) in [6.07, 6.45) is 0. The average molecular weight is 227 g/mol. The Morgan fingerprint density at radius 1 is 1.18 bits per heavy atom. The molecule has 1 unspecified atom stereocenters. The van der Waals surface area contributed by atoms with Crippen molar-refractivity contribution in [2.24, 2.45) is 0 Å². The Morgan fingerprint density at radius 3 is 1.91 bits per heavy atom. The van der Waals surface area contributed by atoms with E-state index in [1.54, 1.807) is 6.92 Å². The van der Waals surface area contributed by atoms with Crippen LogP contribution in [0.5, 0.6) is 0 Å². The van der Waals surface area contributed by atoms with Crippen molar-refractivity contribution in [3.8, 4) is 11.5 Å². The summed E-state index contributed by atoms with van der Waals surface area (Å²) in [5, 5.41) is 0. The van der Waals surface area contributed by atoms with Gasteiger partial charge in [-0.2, -0.15) is 0 Å². The minimum absolute atomic E-state index is 1.75. The fraction of sp³-hybridized carbons (Fsp3) is 0.667. The van der Waals surface area contributed by atoms with Gasteiger partial charge in [0.15, 0.2) is 0 Å². The fourth-order valence-corrected chi connectivity index (χ4v) is 8.77. The van der Waals surface area contributed by atoms with Crippen molar-refractivity contribution in [3.63, 3.8) is 0 Å². The molecule has 1 atom stereocenters. The second kappa shape index (κ2) is 3.97. The monoisotopic (exact) mass is 226 g/mol. The summed E-state index contributed by atoms with van der Waals surface area (Å²) in [6, 6.07) is 0. The number of halogens is 2. The summed E-state index contributed by atoms with van der Waals surface area (Å²) >= 11 is 12.0. The lowest BCUT2D eigenvalue weighted by atomic mass is 10.8. The summed E-state index contributed by atoms with van der Waals surface area (Å²) < 4.78 is 5.50. The molecule has 0 N–H and O–H groups in total. The van der Waals surface area contributed by atoms with E-state index < -0.39 is 15.3 Å². The molecule has 0 aliphatic carbocycles. The van der Waals surface area contributed by atoms with Crippen LogP contribution in [0.25, 0.3) is 0 Å². The third kappa shape index (κ3) is 6.91. The highest BCUT2D eigenvalue weighted by Crippen LogP contribution is 2.19. The first-order valence-electron chi connectivity index (χ1n) is 3.29. The molecule has 0 spiro atoms. The molecule has 0 bridgehead atoms. The third-order valence-electron chi connectivity index (χ3n) is 0.783. The van der Waals surface area contributed by atoms with Crippen LogP contribution in [0.4, 0.5) is 0 Å². The molecule has 0 saturated heterocycles. The predicted octanol–water partition coefficient (Wildman–Crippen LogP) is 2.82. The van der Waals surface area contributed by atoms with Crippen LogP contribution in [0.3, 0.4) is 0 Å². The van der Waals surface area contributed by atoms with Gasteiger partial charge in [-0.05, 0) is 26.6 Å². The molecule has 0 heterocycles. The van der Waals surface area contributed by atoms with Gasteiger partial charge in [0.05, 0.1) is 0 Å². The van der Waals surface area contributed by atoms with Gasteiger partial charge in [-0.1, -0.05) is 5.54 Å². The van der Waals surface area contributed by atoms with E-state index in [1.807, 2.05) is 19.6 Å². The summed E-state index contributed by atoms with van der Waals surface area (Å²) in [5.41, 5.74) is 2.86. The van der Waals surface area contributed by atoms with Gasteiger partial charge >= 0.3 is 7.63 Å². The van der Waals surface area contributed by atoms with E-state index in [1.165, 1.54) is 0 Å². The minimum Gasteiger partial charge on any atom is -0.424 e. The Hall–Kier alpha value is 0.534. The standard InChI is InChI=1S/C6H12Cl2OSi2/c1-5-6-11(4,8)9-10(2,3)7/h1-4H3. The number of rotatable bonds is 2. The third-order valence-corrected chi connectivity index (χ3v) is 6.63. The van der Waals surface area contributed by atoms with E-state index in [0.29, 0.717) is 0 Å². The lowest BCUT2D eigenvalue weighted by Crippen LogP contribution is -2.38. The van der Waals surface area contributed by atoms with Gasteiger partial charge in [-0.25, -0.2) is 0 Å². The first-order valence-corrected chi connectivity index (χ1v) is 10.6. The Labute approximate surface area is 79.7 Å². The van der Waals surface area contributed by atoms with Crippen LogP contribution in [0, 0.1) is 11.5 Å². The van der Waals surface area contributed by atoms with Gasteiger partial charge in [-0.3, -0.25) is 0 Å². The molecule has 0 aromatic carbocycles. The molecule has 0 rings (SSSR count). The summed E-state index contributed by atoms with van der Waals surface area (Å²) in [4.78, 5) is 0. The molecule has 64 valence electrons. The second-order valence-corrected chi connectivity index (χ2v) is 13.3. The molecule has 0 aromatic rings. The van der Waals surface area contributed by atoms with Crippen LogP contribution in [-0.2, 0) is 4.12 Å². The molecule has 1 nitrogen and oxygen atoms in total. The Bertz CT molecular complexity index is 187. The van der Waals surface area contributed by atoms with Crippen LogP contribution in [-0.4, -0.2) is 15.3 Å². The molecular weight excluding hydrogens is 215 g/mol.